The molecule has 0 amide bonds. The lowest BCUT2D eigenvalue weighted by Crippen LogP contribution is -2.39. The molecular formula is C24H23Cl2N7O. The number of anilines is 3. The van der Waals surface area contributed by atoms with E-state index in [0.717, 1.165) is 18.8 Å². The second kappa shape index (κ2) is 8.23. The Hall–Kier alpha value is -3.20. The molecule has 0 radical (unpaired) electrons. The Bertz CT molecular complexity index is 1480. The van der Waals surface area contributed by atoms with Crippen LogP contribution in [0.1, 0.15) is 25.0 Å². The van der Waals surface area contributed by atoms with Crippen molar-refractivity contribution >= 4 is 51.7 Å². The number of nitrogen functional groups attached to an aromatic ring is 1. The zero-order valence-corrected chi connectivity index (χ0v) is 20.4. The van der Waals surface area contributed by atoms with Crippen LogP contribution in [-0.2, 0) is 12.0 Å². The van der Waals surface area contributed by atoms with Crippen LogP contribution in [0.5, 0.6) is 0 Å². The fraction of sp³-hybridized carbons (Fsp3) is 0.250. The number of rotatable bonds is 3. The number of para-hydroxylation sites is 1. The number of fused-ring (bicyclic) bond motifs is 2. The molecule has 1 aliphatic heterocycles. The molecule has 10 heteroatoms. The monoisotopic (exact) mass is 495 g/mol. The summed E-state index contributed by atoms with van der Waals surface area (Å²) in [6.07, 6.45) is 1.53. The van der Waals surface area contributed by atoms with Crippen molar-refractivity contribution in [2.24, 2.45) is 0 Å². The molecule has 1 aliphatic rings. The van der Waals surface area contributed by atoms with Gasteiger partial charge in [0.15, 0.2) is 5.65 Å². The van der Waals surface area contributed by atoms with Gasteiger partial charge in [-0.15, -0.1) is 0 Å². The van der Waals surface area contributed by atoms with Crippen LogP contribution in [0.25, 0.3) is 16.7 Å². The van der Waals surface area contributed by atoms with E-state index in [1.54, 1.807) is 18.2 Å². The van der Waals surface area contributed by atoms with Crippen LogP contribution in [-0.4, -0.2) is 38.0 Å². The molecule has 8 nitrogen and oxygen atoms in total. The van der Waals surface area contributed by atoms with Gasteiger partial charge in [0.2, 0.25) is 5.95 Å². The highest BCUT2D eigenvalue weighted by molar-refractivity contribution is 6.37. The van der Waals surface area contributed by atoms with Gasteiger partial charge in [0, 0.05) is 30.4 Å². The van der Waals surface area contributed by atoms with Crippen molar-refractivity contribution in [3.8, 4) is 5.69 Å². The summed E-state index contributed by atoms with van der Waals surface area (Å²) in [5.41, 5.74) is 9.64. The molecule has 2 aromatic carbocycles. The Labute approximate surface area is 206 Å². The first kappa shape index (κ1) is 22.6. The molecule has 3 heterocycles. The third-order valence-corrected chi connectivity index (χ3v) is 6.65. The van der Waals surface area contributed by atoms with Crippen molar-refractivity contribution < 1.29 is 0 Å². The number of aromatic nitrogens is 4. The molecule has 0 unspecified atom stereocenters. The quantitative estimate of drug-likeness (QED) is 0.430. The first-order chi connectivity index (χ1) is 16.1. The van der Waals surface area contributed by atoms with E-state index in [9.17, 15) is 4.79 Å². The lowest BCUT2D eigenvalue weighted by Gasteiger charge is -2.38. The standard InChI is InChI=1S/C24H23Cl2N7O/c1-24(2)12-32(3)11-13-9-14(7-8-16(13)24)29-22-28-10-15-20(27)33(23(34)31-21(15)30-22)19-17(25)5-4-6-18(19)26/h4-10H,11-12,27H2,1-3H3,(H,29,30,31,34). The minimum absolute atomic E-state index is 0.0756. The van der Waals surface area contributed by atoms with Crippen molar-refractivity contribution in [3.05, 3.63) is 74.3 Å². The number of nitrogens with zero attached hydrogens (tertiary/aromatic N) is 5. The van der Waals surface area contributed by atoms with E-state index in [1.165, 1.54) is 21.9 Å². The molecule has 174 valence electrons. The Balaban J connectivity index is 1.53. The number of likely N-dealkylation sites (N-methyl/N-ethyl adjacent to an activating group) is 1. The van der Waals surface area contributed by atoms with Crippen molar-refractivity contribution in [2.75, 3.05) is 24.6 Å². The second-order valence-electron chi connectivity index (χ2n) is 9.17. The number of nitrogens with one attached hydrogen (secondary N) is 1. The third-order valence-electron chi connectivity index (χ3n) is 6.04. The maximum absolute atomic E-state index is 12.8. The Morgan fingerprint density at radius 3 is 2.59 bits per heavy atom. The summed E-state index contributed by atoms with van der Waals surface area (Å²) in [7, 11) is 2.12. The Morgan fingerprint density at radius 2 is 1.85 bits per heavy atom. The normalized spacial score (nSPS) is 15.3. The summed E-state index contributed by atoms with van der Waals surface area (Å²) in [6.45, 7) is 6.37. The van der Waals surface area contributed by atoms with Gasteiger partial charge in [0.25, 0.3) is 0 Å². The molecule has 4 aromatic rings. The van der Waals surface area contributed by atoms with E-state index in [4.69, 9.17) is 28.9 Å². The minimum Gasteiger partial charge on any atom is -0.384 e. The first-order valence-corrected chi connectivity index (χ1v) is 11.5. The van der Waals surface area contributed by atoms with Gasteiger partial charge in [-0.05, 0) is 42.4 Å². The molecule has 0 saturated carbocycles. The molecule has 0 fully saturated rings. The topological polar surface area (TPSA) is 102 Å². The summed E-state index contributed by atoms with van der Waals surface area (Å²) in [4.78, 5) is 28.1. The van der Waals surface area contributed by atoms with Gasteiger partial charge in [0.1, 0.15) is 5.82 Å². The lowest BCUT2D eigenvalue weighted by molar-refractivity contribution is 0.236. The number of hydrogen-bond donors (Lipinski definition) is 2. The second-order valence-corrected chi connectivity index (χ2v) is 9.98. The predicted molar refractivity (Wildman–Crippen MR) is 136 cm³/mol. The van der Waals surface area contributed by atoms with E-state index in [0.29, 0.717) is 11.3 Å². The van der Waals surface area contributed by atoms with Crippen LogP contribution in [0, 0.1) is 0 Å². The molecule has 2 aromatic heterocycles. The highest BCUT2D eigenvalue weighted by Crippen LogP contribution is 2.35. The van der Waals surface area contributed by atoms with Gasteiger partial charge in [-0.25, -0.2) is 14.3 Å². The molecule has 5 rings (SSSR count). The summed E-state index contributed by atoms with van der Waals surface area (Å²) in [5.74, 6) is 0.422. The minimum atomic E-state index is -0.635. The maximum atomic E-state index is 12.8. The predicted octanol–water partition coefficient (Wildman–Crippen LogP) is 4.53. The van der Waals surface area contributed by atoms with Gasteiger partial charge in [-0.2, -0.15) is 9.97 Å². The molecule has 0 atom stereocenters. The summed E-state index contributed by atoms with van der Waals surface area (Å²) < 4.78 is 1.17. The third kappa shape index (κ3) is 3.87. The number of nitrogens with two attached hydrogens (primary N) is 1. The first-order valence-electron chi connectivity index (χ1n) is 10.7. The zero-order valence-electron chi connectivity index (χ0n) is 18.9. The fourth-order valence-electron chi connectivity index (χ4n) is 4.68. The number of benzene rings is 2. The van der Waals surface area contributed by atoms with E-state index < -0.39 is 5.69 Å². The van der Waals surface area contributed by atoms with Crippen LogP contribution >= 0.6 is 23.2 Å². The van der Waals surface area contributed by atoms with Gasteiger partial charge < -0.3 is 16.0 Å². The van der Waals surface area contributed by atoms with Crippen LogP contribution in [0.2, 0.25) is 10.0 Å². The average molecular weight is 496 g/mol. The SMILES string of the molecule is CN1Cc2cc(Nc3ncc4c(N)n(-c5c(Cl)cccc5Cl)c(=O)nc4n3)ccc2C(C)(C)C1. The highest BCUT2D eigenvalue weighted by Gasteiger charge is 2.30. The Kier molecular flexibility index (Phi) is 5.47. The molecule has 34 heavy (non-hydrogen) atoms. The van der Waals surface area contributed by atoms with E-state index >= 15 is 0 Å². The van der Waals surface area contributed by atoms with Crippen LogP contribution < -0.4 is 16.7 Å². The lowest BCUT2D eigenvalue weighted by atomic mass is 9.78. The van der Waals surface area contributed by atoms with Gasteiger partial charge in [-0.1, -0.05) is 49.2 Å². The molecule has 0 bridgehead atoms. The smallest absolute Gasteiger partial charge is 0.355 e. The molecule has 3 N–H and O–H groups in total. The van der Waals surface area contributed by atoms with E-state index in [1.807, 2.05) is 6.07 Å². The van der Waals surface area contributed by atoms with Crippen LogP contribution in [0.15, 0.2) is 47.4 Å². The number of halogens is 2. The summed E-state index contributed by atoms with van der Waals surface area (Å²) in [5, 5.41) is 4.19. The molecule has 0 saturated heterocycles. The van der Waals surface area contributed by atoms with Gasteiger partial charge in [-0.3, -0.25) is 0 Å². The van der Waals surface area contributed by atoms with E-state index in [-0.39, 0.29) is 32.6 Å². The molecule has 0 spiro atoms. The van der Waals surface area contributed by atoms with E-state index in [2.05, 4.69) is 58.2 Å². The van der Waals surface area contributed by atoms with Crippen molar-refractivity contribution in [1.82, 2.24) is 24.4 Å². The highest BCUT2D eigenvalue weighted by atomic mass is 35.5. The molecular weight excluding hydrogens is 473 g/mol. The molecule has 0 aliphatic carbocycles. The van der Waals surface area contributed by atoms with Gasteiger partial charge in [0.05, 0.1) is 21.1 Å². The summed E-state index contributed by atoms with van der Waals surface area (Å²) >= 11 is 12.6. The zero-order chi connectivity index (χ0) is 24.2. The maximum Gasteiger partial charge on any atom is 0.355 e. The summed E-state index contributed by atoms with van der Waals surface area (Å²) in [6, 6.07) is 11.2. The largest absolute Gasteiger partial charge is 0.384 e. The van der Waals surface area contributed by atoms with Crippen LogP contribution in [0.4, 0.5) is 17.5 Å². The van der Waals surface area contributed by atoms with Crippen LogP contribution in [0.3, 0.4) is 0 Å². The van der Waals surface area contributed by atoms with Crippen molar-refractivity contribution in [2.45, 2.75) is 25.8 Å². The average Bonchev–Trinajstić information content (AvgIpc) is 2.74. The van der Waals surface area contributed by atoms with Crippen molar-refractivity contribution in [3.63, 3.8) is 0 Å². The fourth-order valence-corrected chi connectivity index (χ4v) is 5.25. The van der Waals surface area contributed by atoms with Crippen molar-refractivity contribution in [1.29, 1.82) is 0 Å². The number of hydrogen-bond acceptors (Lipinski definition) is 7. The van der Waals surface area contributed by atoms with Gasteiger partial charge >= 0.3 is 5.69 Å². The Morgan fingerprint density at radius 1 is 1.12 bits per heavy atom.